The number of halogens is 2. The number of rotatable bonds is 3. The van der Waals surface area contributed by atoms with Gasteiger partial charge in [0.15, 0.2) is 5.82 Å². The molecule has 2 aromatic rings. The highest BCUT2D eigenvalue weighted by molar-refractivity contribution is 9.10. The molecule has 2 rings (SSSR count). The molecule has 6 heteroatoms. The Morgan fingerprint density at radius 3 is 2.61 bits per heavy atom. The molecule has 0 aliphatic carbocycles. The molecule has 0 amide bonds. The lowest BCUT2D eigenvalue weighted by atomic mass is 10.3. The summed E-state index contributed by atoms with van der Waals surface area (Å²) in [6.07, 6.45) is 1.74. The van der Waals surface area contributed by atoms with Gasteiger partial charge in [-0.1, -0.05) is 0 Å². The smallest absolute Gasteiger partial charge is 0.180 e. The normalized spacial score (nSPS) is 10.4. The lowest BCUT2D eigenvalue weighted by Crippen LogP contribution is -2.05. The van der Waals surface area contributed by atoms with E-state index in [9.17, 15) is 0 Å². The van der Waals surface area contributed by atoms with Crippen molar-refractivity contribution in [1.29, 1.82) is 0 Å². The van der Waals surface area contributed by atoms with Gasteiger partial charge in [0.1, 0.15) is 11.5 Å². The van der Waals surface area contributed by atoms with Crippen LogP contribution in [0.3, 0.4) is 0 Å². The van der Waals surface area contributed by atoms with Crippen LogP contribution < -0.4 is 5.32 Å². The van der Waals surface area contributed by atoms with Crippen LogP contribution in [-0.4, -0.2) is 21.5 Å². The van der Waals surface area contributed by atoms with Crippen LogP contribution in [0.1, 0.15) is 12.6 Å². The number of nitrogens with zero attached hydrogens (tertiary/aromatic N) is 3. The summed E-state index contributed by atoms with van der Waals surface area (Å²) >= 11 is 6.84. The minimum atomic E-state index is 0.624. The first kappa shape index (κ1) is 13.4. The van der Waals surface area contributed by atoms with E-state index in [-0.39, 0.29) is 0 Å². The Labute approximate surface area is 123 Å². The first-order valence-electron chi connectivity index (χ1n) is 5.51. The average molecular weight is 372 g/mol. The van der Waals surface area contributed by atoms with Crippen molar-refractivity contribution >= 4 is 37.7 Å². The monoisotopic (exact) mass is 370 g/mol. The van der Waals surface area contributed by atoms with E-state index in [4.69, 9.17) is 0 Å². The topological polar surface area (TPSA) is 50.7 Å². The molecule has 0 spiro atoms. The minimum Gasteiger partial charge on any atom is -0.369 e. The van der Waals surface area contributed by atoms with E-state index in [1.165, 1.54) is 0 Å². The number of anilines is 1. The van der Waals surface area contributed by atoms with Crippen LogP contribution in [-0.2, 0) is 0 Å². The standard InChI is InChI=1S/C12H12Br2N4/c1-3-15-12-10(14)7(2)17-11(18-12)9-5-4-8(13)6-16-9/h4-6H,3H2,1-2H3,(H,15,17,18). The predicted octanol–water partition coefficient (Wildman–Crippen LogP) is 3.80. The van der Waals surface area contributed by atoms with Crippen molar-refractivity contribution in [3.63, 3.8) is 0 Å². The number of aryl methyl sites for hydroxylation is 1. The Bertz CT molecular complexity index is 555. The SMILES string of the molecule is CCNc1nc(-c2ccc(Br)cn2)nc(C)c1Br. The fraction of sp³-hybridized carbons (Fsp3) is 0.250. The maximum atomic E-state index is 4.48. The molecule has 4 nitrogen and oxygen atoms in total. The zero-order valence-electron chi connectivity index (χ0n) is 10.0. The van der Waals surface area contributed by atoms with E-state index in [1.54, 1.807) is 6.20 Å². The fourth-order valence-electron chi connectivity index (χ4n) is 1.47. The Morgan fingerprint density at radius 2 is 2.00 bits per heavy atom. The van der Waals surface area contributed by atoms with Crippen molar-refractivity contribution in [3.8, 4) is 11.5 Å². The summed E-state index contributed by atoms with van der Waals surface area (Å²) in [6.45, 7) is 4.78. The van der Waals surface area contributed by atoms with Gasteiger partial charge in [-0.15, -0.1) is 0 Å². The summed E-state index contributed by atoms with van der Waals surface area (Å²) in [4.78, 5) is 13.2. The summed E-state index contributed by atoms with van der Waals surface area (Å²) in [5, 5.41) is 3.20. The Hall–Kier alpha value is -1.01. The summed E-state index contributed by atoms with van der Waals surface area (Å²) in [5.74, 6) is 1.42. The molecule has 0 saturated carbocycles. The number of hydrogen-bond acceptors (Lipinski definition) is 4. The lowest BCUT2D eigenvalue weighted by Gasteiger charge is -2.09. The van der Waals surface area contributed by atoms with E-state index < -0.39 is 0 Å². The van der Waals surface area contributed by atoms with Crippen molar-refractivity contribution in [3.05, 3.63) is 33.0 Å². The van der Waals surface area contributed by atoms with Gasteiger partial charge in [-0.3, -0.25) is 4.98 Å². The van der Waals surface area contributed by atoms with Gasteiger partial charge in [0.05, 0.1) is 10.2 Å². The van der Waals surface area contributed by atoms with E-state index in [0.717, 1.165) is 32.7 Å². The van der Waals surface area contributed by atoms with Crippen LogP contribution in [0.15, 0.2) is 27.3 Å². The van der Waals surface area contributed by atoms with Crippen LogP contribution >= 0.6 is 31.9 Å². The molecule has 1 N–H and O–H groups in total. The highest BCUT2D eigenvalue weighted by Crippen LogP contribution is 2.26. The van der Waals surface area contributed by atoms with E-state index in [0.29, 0.717) is 5.82 Å². The first-order valence-corrected chi connectivity index (χ1v) is 7.10. The second kappa shape index (κ2) is 5.75. The van der Waals surface area contributed by atoms with Crippen molar-refractivity contribution in [2.24, 2.45) is 0 Å². The molecule has 2 aromatic heterocycles. The molecule has 94 valence electrons. The third-order valence-electron chi connectivity index (χ3n) is 2.32. The van der Waals surface area contributed by atoms with Gasteiger partial charge in [-0.2, -0.15) is 0 Å². The van der Waals surface area contributed by atoms with E-state index in [2.05, 4.69) is 52.1 Å². The third-order valence-corrected chi connectivity index (χ3v) is 3.74. The second-order valence-corrected chi connectivity index (χ2v) is 5.40. The third kappa shape index (κ3) is 2.87. The molecule has 0 saturated heterocycles. The van der Waals surface area contributed by atoms with Gasteiger partial charge in [0, 0.05) is 17.2 Å². The molecule has 18 heavy (non-hydrogen) atoms. The molecule has 0 aliphatic heterocycles. The fourth-order valence-corrected chi connectivity index (χ4v) is 2.02. The van der Waals surface area contributed by atoms with Crippen LogP contribution in [0.4, 0.5) is 5.82 Å². The molecule has 0 unspecified atom stereocenters. The molecule has 0 fully saturated rings. The maximum absolute atomic E-state index is 4.48. The average Bonchev–Trinajstić information content (AvgIpc) is 2.36. The Kier molecular flexibility index (Phi) is 4.29. The molecule has 0 radical (unpaired) electrons. The number of pyridine rings is 1. The summed E-state index contributed by atoms with van der Waals surface area (Å²) in [5.41, 5.74) is 1.65. The van der Waals surface area contributed by atoms with Gasteiger partial charge < -0.3 is 5.32 Å². The van der Waals surface area contributed by atoms with Gasteiger partial charge in [0.25, 0.3) is 0 Å². The van der Waals surface area contributed by atoms with Gasteiger partial charge in [-0.25, -0.2) is 9.97 Å². The van der Waals surface area contributed by atoms with Gasteiger partial charge in [0.2, 0.25) is 0 Å². The number of aromatic nitrogens is 3. The van der Waals surface area contributed by atoms with Crippen molar-refractivity contribution in [2.75, 3.05) is 11.9 Å². The zero-order valence-corrected chi connectivity index (χ0v) is 13.2. The van der Waals surface area contributed by atoms with Crippen LogP contribution in [0.2, 0.25) is 0 Å². The minimum absolute atomic E-state index is 0.624. The van der Waals surface area contributed by atoms with Crippen molar-refractivity contribution in [1.82, 2.24) is 15.0 Å². The molecule has 0 aromatic carbocycles. The Balaban J connectivity index is 2.48. The summed E-state index contributed by atoms with van der Waals surface area (Å²) in [6, 6.07) is 3.82. The molecule has 2 heterocycles. The van der Waals surface area contributed by atoms with Crippen LogP contribution in [0.5, 0.6) is 0 Å². The highest BCUT2D eigenvalue weighted by atomic mass is 79.9. The Morgan fingerprint density at radius 1 is 1.22 bits per heavy atom. The summed E-state index contributed by atoms with van der Waals surface area (Å²) < 4.78 is 1.83. The molecule has 0 aliphatic rings. The van der Waals surface area contributed by atoms with E-state index in [1.807, 2.05) is 26.0 Å². The zero-order chi connectivity index (χ0) is 13.1. The van der Waals surface area contributed by atoms with Crippen molar-refractivity contribution in [2.45, 2.75) is 13.8 Å². The quantitative estimate of drug-likeness (QED) is 0.891. The van der Waals surface area contributed by atoms with E-state index >= 15 is 0 Å². The van der Waals surface area contributed by atoms with Crippen LogP contribution in [0, 0.1) is 6.92 Å². The molecule has 0 bridgehead atoms. The molecular formula is C12H12Br2N4. The highest BCUT2D eigenvalue weighted by Gasteiger charge is 2.10. The van der Waals surface area contributed by atoms with Gasteiger partial charge >= 0.3 is 0 Å². The largest absolute Gasteiger partial charge is 0.369 e. The molecule has 0 atom stereocenters. The predicted molar refractivity (Wildman–Crippen MR) is 79.6 cm³/mol. The number of hydrogen-bond donors (Lipinski definition) is 1. The lowest BCUT2D eigenvalue weighted by molar-refractivity contribution is 1.05. The second-order valence-electron chi connectivity index (χ2n) is 3.69. The van der Waals surface area contributed by atoms with Crippen LogP contribution in [0.25, 0.3) is 11.5 Å². The van der Waals surface area contributed by atoms with Gasteiger partial charge in [-0.05, 0) is 57.8 Å². The van der Waals surface area contributed by atoms with Crippen molar-refractivity contribution < 1.29 is 0 Å². The maximum Gasteiger partial charge on any atom is 0.180 e. The first-order chi connectivity index (χ1) is 8.61. The molecular weight excluding hydrogens is 360 g/mol. The number of nitrogens with one attached hydrogen (secondary N) is 1. The summed E-state index contributed by atoms with van der Waals surface area (Å²) in [7, 11) is 0.